The van der Waals surface area contributed by atoms with Gasteiger partial charge in [-0.1, -0.05) is 18.2 Å². The van der Waals surface area contributed by atoms with Crippen LogP contribution in [0.5, 0.6) is 0 Å². The first-order valence-electron chi connectivity index (χ1n) is 8.46. The third kappa shape index (κ3) is 3.88. The number of ether oxygens (including phenoxy) is 2. The second-order valence-corrected chi connectivity index (χ2v) is 6.11. The molecule has 130 valence electrons. The number of carbonyl (C=O) groups is 1. The molecule has 1 fully saturated rings. The van der Waals surface area contributed by atoms with Crippen LogP contribution < -0.4 is 0 Å². The summed E-state index contributed by atoms with van der Waals surface area (Å²) in [5.41, 5.74) is 2.42. The summed E-state index contributed by atoms with van der Waals surface area (Å²) in [6, 6.07) is 8.25. The number of nitrogens with one attached hydrogen (secondary N) is 1. The Labute approximate surface area is 141 Å². The molecule has 0 saturated carbocycles. The van der Waals surface area contributed by atoms with Crippen LogP contribution in [0.2, 0.25) is 0 Å². The fourth-order valence-electron chi connectivity index (χ4n) is 3.18. The summed E-state index contributed by atoms with van der Waals surface area (Å²) < 4.78 is 10.0. The number of aliphatic hydroxyl groups is 1. The number of carbonyl (C=O) groups excluding carboxylic acids is 1. The van der Waals surface area contributed by atoms with Crippen molar-refractivity contribution in [3.05, 3.63) is 36.0 Å². The smallest absolute Gasteiger partial charge is 0.435 e. The molecule has 0 spiro atoms. The highest BCUT2D eigenvalue weighted by Crippen LogP contribution is 2.20. The van der Waals surface area contributed by atoms with Gasteiger partial charge >= 0.3 is 6.16 Å². The fraction of sp³-hybridized carbons (Fsp3) is 0.500. The molecule has 1 saturated heterocycles. The van der Waals surface area contributed by atoms with Crippen LogP contribution >= 0.6 is 0 Å². The van der Waals surface area contributed by atoms with E-state index in [0.29, 0.717) is 13.0 Å². The van der Waals surface area contributed by atoms with Crippen LogP contribution in [-0.2, 0) is 15.9 Å². The molecule has 6 heteroatoms. The van der Waals surface area contributed by atoms with Gasteiger partial charge in [0.1, 0.15) is 6.10 Å². The number of hydrogen-bond donors (Lipinski definition) is 2. The molecule has 0 unspecified atom stereocenters. The number of rotatable bonds is 5. The lowest BCUT2D eigenvalue weighted by Crippen LogP contribution is -2.49. The maximum absolute atomic E-state index is 11.5. The average Bonchev–Trinajstić information content (AvgIpc) is 2.99. The predicted molar refractivity (Wildman–Crippen MR) is 91.0 cm³/mol. The molecule has 6 nitrogen and oxygen atoms in total. The summed E-state index contributed by atoms with van der Waals surface area (Å²) in [7, 11) is 0. The maximum atomic E-state index is 11.5. The number of nitrogens with zero attached hydrogens (tertiary/aromatic N) is 1. The molecule has 2 aromatic rings. The van der Waals surface area contributed by atoms with Crippen molar-refractivity contribution in [2.75, 3.05) is 26.2 Å². The number of para-hydroxylation sites is 1. The van der Waals surface area contributed by atoms with Gasteiger partial charge in [-0.3, -0.25) is 4.90 Å². The Morgan fingerprint density at radius 3 is 3.08 bits per heavy atom. The molecule has 1 aromatic heterocycles. The van der Waals surface area contributed by atoms with Gasteiger partial charge in [-0.25, -0.2) is 4.79 Å². The van der Waals surface area contributed by atoms with Crippen molar-refractivity contribution < 1.29 is 19.4 Å². The van der Waals surface area contributed by atoms with Gasteiger partial charge in [0.25, 0.3) is 0 Å². The highest BCUT2D eigenvalue weighted by atomic mass is 16.7. The maximum Gasteiger partial charge on any atom is 0.508 e. The SMILES string of the molecule is CCOC(=O)O[C@H]1CN(CCc2c[nH]c3ccccc23)CC[C@@H]1O. The summed E-state index contributed by atoms with van der Waals surface area (Å²) in [4.78, 5) is 17.0. The lowest BCUT2D eigenvalue weighted by Gasteiger charge is -2.35. The monoisotopic (exact) mass is 332 g/mol. The minimum Gasteiger partial charge on any atom is -0.435 e. The molecule has 2 N–H and O–H groups in total. The van der Waals surface area contributed by atoms with E-state index in [4.69, 9.17) is 9.47 Å². The topological polar surface area (TPSA) is 74.8 Å². The average molecular weight is 332 g/mol. The minimum atomic E-state index is -0.708. The summed E-state index contributed by atoms with van der Waals surface area (Å²) in [6.45, 7) is 4.18. The highest BCUT2D eigenvalue weighted by molar-refractivity contribution is 5.83. The number of aliphatic hydroxyl groups excluding tert-OH is 1. The van der Waals surface area contributed by atoms with Crippen molar-refractivity contribution >= 4 is 17.1 Å². The van der Waals surface area contributed by atoms with Gasteiger partial charge < -0.3 is 19.6 Å². The van der Waals surface area contributed by atoms with Crippen LogP contribution in [0.3, 0.4) is 0 Å². The van der Waals surface area contributed by atoms with Gasteiger partial charge in [-0.05, 0) is 31.4 Å². The van der Waals surface area contributed by atoms with E-state index < -0.39 is 18.4 Å². The minimum absolute atomic E-state index is 0.270. The van der Waals surface area contributed by atoms with E-state index in [1.165, 1.54) is 10.9 Å². The molecular weight excluding hydrogens is 308 g/mol. The number of H-pyrrole nitrogens is 1. The molecular formula is C18H24N2O4. The fourth-order valence-corrected chi connectivity index (χ4v) is 3.18. The molecule has 0 bridgehead atoms. The van der Waals surface area contributed by atoms with Crippen molar-refractivity contribution in [3.8, 4) is 0 Å². The first-order chi connectivity index (χ1) is 11.7. The normalized spacial score (nSPS) is 21.8. The van der Waals surface area contributed by atoms with E-state index in [2.05, 4.69) is 28.2 Å². The third-order valence-electron chi connectivity index (χ3n) is 4.49. The van der Waals surface area contributed by atoms with Gasteiger partial charge in [0.05, 0.1) is 12.7 Å². The quantitative estimate of drug-likeness (QED) is 0.822. The third-order valence-corrected chi connectivity index (χ3v) is 4.49. The Hall–Kier alpha value is -2.05. The van der Waals surface area contributed by atoms with E-state index in [0.717, 1.165) is 25.0 Å². The molecule has 3 rings (SSSR count). The molecule has 1 aromatic carbocycles. The second kappa shape index (κ2) is 7.68. The number of likely N-dealkylation sites (tertiary alicyclic amines) is 1. The molecule has 0 radical (unpaired) electrons. The van der Waals surface area contributed by atoms with Gasteiger partial charge in [-0.2, -0.15) is 0 Å². The van der Waals surface area contributed by atoms with Gasteiger partial charge in [0, 0.05) is 36.7 Å². The second-order valence-electron chi connectivity index (χ2n) is 6.11. The molecule has 0 amide bonds. The zero-order chi connectivity index (χ0) is 16.9. The Morgan fingerprint density at radius 2 is 2.25 bits per heavy atom. The zero-order valence-corrected chi connectivity index (χ0v) is 13.9. The number of fused-ring (bicyclic) bond motifs is 1. The van der Waals surface area contributed by atoms with Crippen LogP contribution in [0, 0.1) is 0 Å². The standard InChI is InChI=1S/C18H24N2O4/c1-2-23-18(22)24-17-12-20(10-8-16(17)21)9-7-13-11-19-15-6-4-3-5-14(13)15/h3-6,11,16-17,19,21H,2,7-10,12H2,1H3/t16-,17-/m0/s1. The van der Waals surface area contributed by atoms with Crippen molar-refractivity contribution in [1.82, 2.24) is 9.88 Å². The van der Waals surface area contributed by atoms with E-state index in [-0.39, 0.29) is 6.61 Å². The number of hydrogen-bond acceptors (Lipinski definition) is 5. The first-order valence-corrected chi connectivity index (χ1v) is 8.46. The van der Waals surface area contributed by atoms with Crippen LogP contribution in [0.25, 0.3) is 10.9 Å². The molecule has 2 heterocycles. The number of aromatic nitrogens is 1. The molecule has 1 aliphatic heterocycles. The van der Waals surface area contributed by atoms with Crippen LogP contribution in [0.15, 0.2) is 30.5 Å². The van der Waals surface area contributed by atoms with Crippen LogP contribution in [0.4, 0.5) is 4.79 Å². The van der Waals surface area contributed by atoms with E-state index in [9.17, 15) is 9.90 Å². The zero-order valence-electron chi connectivity index (χ0n) is 13.9. The lowest BCUT2D eigenvalue weighted by molar-refractivity contribution is -0.0670. The molecule has 2 atom stereocenters. The molecule has 1 aliphatic rings. The summed E-state index contributed by atoms with van der Waals surface area (Å²) in [5, 5.41) is 11.3. The highest BCUT2D eigenvalue weighted by Gasteiger charge is 2.31. The Morgan fingerprint density at radius 1 is 1.42 bits per heavy atom. The number of aromatic amines is 1. The molecule has 0 aliphatic carbocycles. The van der Waals surface area contributed by atoms with Gasteiger partial charge in [0.2, 0.25) is 0 Å². The van der Waals surface area contributed by atoms with Crippen molar-refractivity contribution in [2.45, 2.75) is 32.0 Å². The summed E-state index contributed by atoms with van der Waals surface area (Å²) >= 11 is 0. The van der Waals surface area contributed by atoms with E-state index >= 15 is 0 Å². The predicted octanol–water partition coefficient (Wildman–Crippen LogP) is 2.32. The molecule has 24 heavy (non-hydrogen) atoms. The summed E-state index contributed by atoms with van der Waals surface area (Å²) in [5.74, 6) is 0. The lowest BCUT2D eigenvalue weighted by atomic mass is 10.0. The Balaban J connectivity index is 1.56. The van der Waals surface area contributed by atoms with E-state index in [1.807, 2.05) is 12.1 Å². The summed E-state index contributed by atoms with van der Waals surface area (Å²) in [6.07, 6.45) is 1.69. The van der Waals surface area contributed by atoms with Crippen LogP contribution in [-0.4, -0.2) is 59.6 Å². The largest absolute Gasteiger partial charge is 0.508 e. The Bertz CT molecular complexity index is 684. The van der Waals surface area contributed by atoms with E-state index in [1.54, 1.807) is 6.92 Å². The van der Waals surface area contributed by atoms with Gasteiger partial charge in [-0.15, -0.1) is 0 Å². The van der Waals surface area contributed by atoms with Crippen molar-refractivity contribution in [3.63, 3.8) is 0 Å². The number of piperidine rings is 1. The number of benzene rings is 1. The van der Waals surface area contributed by atoms with Gasteiger partial charge in [0.15, 0.2) is 0 Å². The Kier molecular flexibility index (Phi) is 5.37. The van der Waals surface area contributed by atoms with Crippen molar-refractivity contribution in [2.24, 2.45) is 0 Å². The first kappa shape index (κ1) is 16.8. The van der Waals surface area contributed by atoms with Crippen molar-refractivity contribution in [1.29, 1.82) is 0 Å². The van der Waals surface area contributed by atoms with Crippen LogP contribution in [0.1, 0.15) is 18.9 Å².